The highest BCUT2D eigenvalue weighted by atomic mass is 32.1. The molecule has 4 aromatic rings. The zero-order valence-corrected chi connectivity index (χ0v) is 14.7. The largest absolute Gasteiger partial charge is 0.493 e. The van der Waals surface area contributed by atoms with Gasteiger partial charge in [0, 0.05) is 17.0 Å². The first-order valence-corrected chi connectivity index (χ1v) is 8.75. The van der Waals surface area contributed by atoms with E-state index in [0.29, 0.717) is 11.5 Å². The van der Waals surface area contributed by atoms with Crippen molar-refractivity contribution in [3.8, 4) is 33.8 Å². The van der Waals surface area contributed by atoms with Gasteiger partial charge in [0.1, 0.15) is 0 Å². The van der Waals surface area contributed by atoms with Gasteiger partial charge in [-0.05, 0) is 45.6 Å². The quantitative estimate of drug-likeness (QED) is 0.518. The van der Waals surface area contributed by atoms with Gasteiger partial charge in [0.25, 0.3) is 0 Å². The van der Waals surface area contributed by atoms with E-state index in [1.165, 1.54) is 11.1 Å². The number of rotatable bonds is 4. The highest BCUT2D eigenvalue weighted by molar-refractivity contribution is 7.08. The van der Waals surface area contributed by atoms with E-state index in [1.54, 1.807) is 31.8 Å². The van der Waals surface area contributed by atoms with Crippen molar-refractivity contribution in [1.82, 2.24) is 10.2 Å². The van der Waals surface area contributed by atoms with E-state index >= 15 is 0 Å². The van der Waals surface area contributed by atoms with E-state index in [-0.39, 0.29) is 0 Å². The third-order valence-electron chi connectivity index (χ3n) is 4.17. The molecule has 2 heterocycles. The molecule has 0 bridgehead atoms. The number of aromatic nitrogens is 2. The molecule has 0 atom stereocenters. The van der Waals surface area contributed by atoms with Gasteiger partial charge in [0.15, 0.2) is 11.5 Å². The molecule has 0 aliphatic heterocycles. The summed E-state index contributed by atoms with van der Waals surface area (Å²) >= 11 is 1.69. The first kappa shape index (κ1) is 15.6. The molecule has 4 rings (SSSR count). The van der Waals surface area contributed by atoms with Crippen LogP contribution in [-0.2, 0) is 0 Å². The van der Waals surface area contributed by atoms with E-state index in [2.05, 4.69) is 51.3 Å². The van der Waals surface area contributed by atoms with Crippen molar-refractivity contribution < 1.29 is 9.47 Å². The second-order valence-electron chi connectivity index (χ2n) is 5.58. The molecule has 0 amide bonds. The van der Waals surface area contributed by atoms with Crippen molar-refractivity contribution in [3.05, 3.63) is 59.4 Å². The molecule has 0 aliphatic rings. The summed E-state index contributed by atoms with van der Waals surface area (Å²) < 4.78 is 10.8. The molecule has 0 saturated carbocycles. The Labute approximate surface area is 149 Å². The van der Waals surface area contributed by atoms with Gasteiger partial charge in [-0.25, -0.2) is 0 Å². The molecule has 2 aromatic heterocycles. The van der Waals surface area contributed by atoms with Crippen molar-refractivity contribution in [3.63, 3.8) is 0 Å². The monoisotopic (exact) mass is 348 g/mol. The Morgan fingerprint density at radius 3 is 2.44 bits per heavy atom. The maximum Gasteiger partial charge on any atom is 0.162 e. The van der Waals surface area contributed by atoms with Crippen molar-refractivity contribution in [1.29, 1.82) is 0 Å². The van der Waals surface area contributed by atoms with Gasteiger partial charge in [0.2, 0.25) is 0 Å². The Bertz CT molecular complexity index is 1030. The number of ether oxygens (including phenoxy) is 2. The Morgan fingerprint density at radius 1 is 0.880 bits per heavy atom. The van der Waals surface area contributed by atoms with E-state index in [9.17, 15) is 0 Å². The van der Waals surface area contributed by atoms with Crippen LogP contribution >= 0.6 is 11.3 Å². The molecule has 0 saturated heterocycles. The first-order valence-electron chi connectivity index (χ1n) is 7.80. The predicted molar refractivity (Wildman–Crippen MR) is 101 cm³/mol. The van der Waals surface area contributed by atoms with Gasteiger partial charge in [-0.15, -0.1) is 0 Å². The van der Waals surface area contributed by atoms with E-state index in [4.69, 9.17) is 9.47 Å². The maximum atomic E-state index is 5.45. The molecule has 0 radical (unpaired) electrons. The standard InChI is InChI=1S/C20H16N2O2S/c1-23-19-9-16-17(11-21-22-18(16)10-20(19)24-2)14-5-3-4-13(8-14)15-6-7-25-12-15/h3-12H,1-2H3. The fraction of sp³-hybridized carbons (Fsp3) is 0.100. The molecule has 124 valence electrons. The Hall–Kier alpha value is -2.92. The minimum absolute atomic E-state index is 0.647. The Kier molecular flexibility index (Phi) is 4.07. The highest BCUT2D eigenvalue weighted by Gasteiger charge is 2.12. The zero-order valence-electron chi connectivity index (χ0n) is 13.9. The molecule has 2 aromatic carbocycles. The number of thiophene rings is 1. The summed E-state index contributed by atoms with van der Waals surface area (Å²) in [5.41, 5.74) is 5.29. The number of methoxy groups -OCH3 is 2. The second kappa shape index (κ2) is 6.53. The molecule has 0 N–H and O–H groups in total. The first-order chi connectivity index (χ1) is 12.3. The summed E-state index contributed by atoms with van der Waals surface area (Å²) in [7, 11) is 3.25. The van der Waals surface area contributed by atoms with Crippen LogP contribution in [0.4, 0.5) is 0 Å². The predicted octanol–water partition coefficient (Wildman–Crippen LogP) is 5.04. The van der Waals surface area contributed by atoms with Crippen LogP contribution in [0.2, 0.25) is 0 Å². The average Bonchev–Trinajstić information content (AvgIpc) is 3.21. The number of nitrogens with zero attached hydrogens (tertiary/aromatic N) is 2. The van der Waals surface area contributed by atoms with Gasteiger partial charge in [-0.1, -0.05) is 18.2 Å². The van der Waals surface area contributed by atoms with E-state index in [0.717, 1.165) is 22.0 Å². The lowest BCUT2D eigenvalue weighted by atomic mass is 9.99. The molecule has 0 spiro atoms. The van der Waals surface area contributed by atoms with Crippen molar-refractivity contribution in [2.24, 2.45) is 0 Å². The van der Waals surface area contributed by atoms with Crippen LogP contribution in [0.25, 0.3) is 33.2 Å². The van der Waals surface area contributed by atoms with Gasteiger partial charge < -0.3 is 9.47 Å². The topological polar surface area (TPSA) is 44.2 Å². The van der Waals surface area contributed by atoms with E-state index < -0.39 is 0 Å². The van der Waals surface area contributed by atoms with Crippen LogP contribution in [0.15, 0.2) is 59.4 Å². The molecule has 0 unspecified atom stereocenters. The summed E-state index contributed by atoms with van der Waals surface area (Å²) in [5, 5.41) is 13.6. The van der Waals surface area contributed by atoms with Gasteiger partial charge >= 0.3 is 0 Å². The fourth-order valence-corrected chi connectivity index (χ4v) is 3.58. The van der Waals surface area contributed by atoms with Gasteiger partial charge in [-0.2, -0.15) is 21.5 Å². The summed E-state index contributed by atoms with van der Waals surface area (Å²) in [4.78, 5) is 0. The zero-order chi connectivity index (χ0) is 17.2. The highest BCUT2D eigenvalue weighted by Crippen LogP contribution is 2.36. The molecule has 0 aliphatic carbocycles. The second-order valence-corrected chi connectivity index (χ2v) is 6.36. The Balaban J connectivity index is 1.91. The van der Waals surface area contributed by atoms with Crippen molar-refractivity contribution in [2.75, 3.05) is 14.2 Å². The van der Waals surface area contributed by atoms with Gasteiger partial charge in [-0.3, -0.25) is 0 Å². The average molecular weight is 348 g/mol. The molecule has 5 heteroatoms. The van der Waals surface area contributed by atoms with Crippen LogP contribution in [0, 0.1) is 0 Å². The van der Waals surface area contributed by atoms with Crippen molar-refractivity contribution in [2.45, 2.75) is 0 Å². The summed E-state index contributed by atoms with van der Waals surface area (Å²) in [6, 6.07) is 14.4. The van der Waals surface area contributed by atoms with Crippen LogP contribution in [0.3, 0.4) is 0 Å². The van der Waals surface area contributed by atoms with Crippen molar-refractivity contribution >= 4 is 22.2 Å². The smallest absolute Gasteiger partial charge is 0.162 e. The van der Waals surface area contributed by atoms with Crippen LogP contribution < -0.4 is 9.47 Å². The number of benzene rings is 2. The molecule has 25 heavy (non-hydrogen) atoms. The van der Waals surface area contributed by atoms with Crippen LogP contribution in [-0.4, -0.2) is 24.4 Å². The third kappa shape index (κ3) is 2.83. The molecule has 0 fully saturated rings. The fourth-order valence-electron chi connectivity index (χ4n) is 2.91. The number of fused-ring (bicyclic) bond motifs is 1. The lowest BCUT2D eigenvalue weighted by Crippen LogP contribution is -1.94. The lowest BCUT2D eigenvalue weighted by Gasteiger charge is -2.11. The van der Waals surface area contributed by atoms with Crippen LogP contribution in [0.5, 0.6) is 11.5 Å². The SMILES string of the molecule is COc1cc2nncc(-c3cccc(-c4ccsc4)c3)c2cc1OC. The molecule has 4 nitrogen and oxygen atoms in total. The third-order valence-corrected chi connectivity index (χ3v) is 4.86. The normalized spacial score (nSPS) is 10.8. The number of hydrogen-bond acceptors (Lipinski definition) is 5. The summed E-state index contributed by atoms with van der Waals surface area (Å²) in [6.45, 7) is 0. The summed E-state index contributed by atoms with van der Waals surface area (Å²) in [5.74, 6) is 1.33. The molecular formula is C20H16N2O2S. The number of hydrogen-bond donors (Lipinski definition) is 0. The summed E-state index contributed by atoms with van der Waals surface area (Å²) in [6.07, 6.45) is 1.79. The minimum atomic E-state index is 0.647. The minimum Gasteiger partial charge on any atom is -0.493 e. The maximum absolute atomic E-state index is 5.45. The molecular weight excluding hydrogens is 332 g/mol. The van der Waals surface area contributed by atoms with E-state index in [1.807, 2.05) is 12.1 Å². The Morgan fingerprint density at radius 2 is 1.68 bits per heavy atom. The van der Waals surface area contributed by atoms with Gasteiger partial charge in [0.05, 0.1) is 25.9 Å². The van der Waals surface area contributed by atoms with Crippen LogP contribution in [0.1, 0.15) is 0 Å². The lowest BCUT2D eigenvalue weighted by molar-refractivity contribution is 0.356.